The first-order valence-electron chi connectivity index (χ1n) is 6.40. The maximum atomic E-state index is 5.98. The average molecular weight is 249 g/mol. The number of fused-ring (bicyclic) bond motifs is 1. The van der Waals surface area contributed by atoms with Gasteiger partial charge in [0.2, 0.25) is 0 Å². The zero-order chi connectivity index (χ0) is 13.1. The molecule has 94 valence electrons. The molecule has 0 saturated heterocycles. The van der Waals surface area contributed by atoms with Crippen LogP contribution >= 0.6 is 0 Å². The molecular formula is C17H15NO. The fourth-order valence-electron chi connectivity index (χ4n) is 2.24. The van der Waals surface area contributed by atoms with Crippen LogP contribution in [0, 0.1) is 0 Å². The van der Waals surface area contributed by atoms with Crippen molar-refractivity contribution in [1.29, 1.82) is 0 Å². The second-order valence-corrected chi connectivity index (χ2v) is 4.49. The van der Waals surface area contributed by atoms with Crippen LogP contribution in [0.3, 0.4) is 0 Å². The van der Waals surface area contributed by atoms with Crippen LogP contribution in [0.4, 0.5) is 0 Å². The minimum absolute atomic E-state index is 0.00435. The van der Waals surface area contributed by atoms with Gasteiger partial charge in [0.25, 0.3) is 0 Å². The molecule has 1 atom stereocenters. The van der Waals surface area contributed by atoms with Crippen LogP contribution < -0.4 is 4.74 Å². The molecule has 0 aliphatic heterocycles. The smallest absolute Gasteiger partial charge is 0.122 e. The largest absolute Gasteiger partial charge is 0.486 e. The molecule has 0 fully saturated rings. The Morgan fingerprint density at radius 3 is 2.47 bits per heavy atom. The third-order valence-electron chi connectivity index (χ3n) is 3.18. The molecule has 3 rings (SSSR count). The molecule has 2 nitrogen and oxygen atoms in total. The third kappa shape index (κ3) is 2.43. The lowest BCUT2D eigenvalue weighted by atomic mass is 10.1. The number of para-hydroxylation sites is 2. The van der Waals surface area contributed by atoms with E-state index in [4.69, 9.17) is 4.74 Å². The SMILES string of the molecule is C[C@H](Oc1ccccc1)c1ccnc2ccccc12. The van der Waals surface area contributed by atoms with Gasteiger partial charge in [-0.25, -0.2) is 0 Å². The Morgan fingerprint density at radius 1 is 0.895 bits per heavy atom. The summed E-state index contributed by atoms with van der Waals surface area (Å²) in [6, 6.07) is 20.1. The van der Waals surface area contributed by atoms with Crippen LogP contribution in [-0.2, 0) is 0 Å². The Hall–Kier alpha value is -2.35. The third-order valence-corrected chi connectivity index (χ3v) is 3.18. The summed E-state index contributed by atoms with van der Waals surface area (Å²) >= 11 is 0. The number of pyridine rings is 1. The minimum Gasteiger partial charge on any atom is -0.486 e. The number of ether oxygens (including phenoxy) is 1. The summed E-state index contributed by atoms with van der Waals surface area (Å²) in [6.07, 6.45) is 1.83. The summed E-state index contributed by atoms with van der Waals surface area (Å²) < 4.78 is 5.98. The van der Waals surface area contributed by atoms with Crippen LogP contribution in [0.1, 0.15) is 18.6 Å². The topological polar surface area (TPSA) is 22.1 Å². The number of aromatic nitrogens is 1. The number of nitrogens with zero attached hydrogens (tertiary/aromatic N) is 1. The summed E-state index contributed by atoms with van der Waals surface area (Å²) in [4.78, 5) is 4.38. The highest BCUT2D eigenvalue weighted by atomic mass is 16.5. The van der Waals surface area contributed by atoms with Gasteiger partial charge in [0, 0.05) is 17.1 Å². The zero-order valence-electron chi connectivity index (χ0n) is 10.8. The van der Waals surface area contributed by atoms with Crippen molar-refractivity contribution < 1.29 is 4.74 Å². The van der Waals surface area contributed by atoms with Crippen LogP contribution in [0.15, 0.2) is 66.9 Å². The molecule has 0 unspecified atom stereocenters. The van der Waals surface area contributed by atoms with Gasteiger partial charge >= 0.3 is 0 Å². The van der Waals surface area contributed by atoms with E-state index in [0.29, 0.717) is 0 Å². The van der Waals surface area contributed by atoms with Crippen molar-refractivity contribution in [1.82, 2.24) is 4.98 Å². The molecular weight excluding hydrogens is 234 g/mol. The second kappa shape index (κ2) is 5.11. The predicted molar refractivity (Wildman–Crippen MR) is 77.2 cm³/mol. The molecule has 0 aliphatic carbocycles. The van der Waals surface area contributed by atoms with Gasteiger partial charge in [0.1, 0.15) is 11.9 Å². The molecule has 3 aromatic rings. The van der Waals surface area contributed by atoms with E-state index in [2.05, 4.69) is 18.0 Å². The van der Waals surface area contributed by atoms with Crippen molar-refractivity contribution in [2.75, 3.05) is 0 Å². The first kappa shape index (κ1) is 11.7. The first-order valence-corrected chi connectivity index (χ1v) is 6.40. The number of hydrogen-bond donors (Lipinski definition) is 0. The highest BCUT2D eigenvalue weighted by Crippen LogP contribution is 2.26. The molecule has 2 heteroatoms. The molecule has 0 spiro atoms. The highest BCUT2D eigenvalue weighted by molar-refractivity contribution is 5.82. The monoisotopic (exact) mass is 249 g/mol. The Kier molecular flexibility index (Phi) is 3.15. The second-order valence-electron chi connectivity index (χ2n) is 4.49. The summed E-state index contributed by atoms with van der Waals surface area (Å²) in [5, 5.41) is 1.15. The van der Waals surface area contributed by atoms with Gasteiger partial charge in [-0.05, 0) is 31.2 Å². The first-order chi connectivity index (χ1) is 9.34. The zero-order valence-corrected chi connectivity index (χ0v) is 10.8. The van der Waals surface area contributed by atoms with Gasteiger partial charge in [0.15, 0.2) is 0 Å². The maximum absolute atomic E-state index is 5.98. The Bertz CT molecular complexity index is 674. The fraction of sp³-hybridized carbons (Fsp3) is 0.118. The van der Waals surface area contributed by atoms with Crippen molar-refractivity contribution >= 4 is 10.9 Å². The van der Waals surface area contributed by atoms with E-state index < -0.39 is 0 Å². The Labute approximate surface area is 112 Å². The lowest BCUT2D eigenvalue weighted by molar-refractivity contribution is 0.228. The van der Waals surface area contributed by atoms with E-state index >= 15 is 0 Å². The van der Waals surface area contributed by atoms with E-state index in [0.717, 1.165) is 22.2 Å². The summed E-state index contributed by atoms with van der Waals surface area (Å²) in [5.41, 5.74) is 2.16. The summed E-state index contributed by atoms with van der Waals surface area (Å²) in [7, 11) is 0. The van der Waals surface area contributed by atoms with Crippen LogP contribution in [0.2, 0.25) is 0 Å². The molecule has 0 bridgehead atoms. The molecule has 1 aromatic heterocycles. The number of hydrogen-bond acceptors (Lipinski definition) is 2. The lowest BCUT2D eigenvalue weighted by Gasteiger charge is -2.16. The number of benzene rings is 2. The lowest BCUT2D eigenvalue weighted by Crippen LogP contribution is -2.04. The van der Waals surface area contributed by atoms with E-state index in [1.165, 1.54) is 0 Å². The summed E-state index contributed by atoms with van der Waals surface area (Å²) in [6.45, 7) is 2.06. The van der Waals surface area contributed by atoms with Crippen LogP contribution in [0.5, 0.6) is 5.75 Å². The molecule has 0 N–H and O–H groups in total. The summed E-state index contributed by atoms with van der Waals surface area (Å²) in [5.74, 6) is 0.885. The van der Waals surface area contributed by atoms with Crippen molar-refractivity contribution in [3.8, 4) is 5.75 Å². The van der Waals surface area contributed by atoms with Gasteiger partial charge in [-0.15, -0.1) is 0 Å². The van der Waals surface area contributed by atoms with Crippen molar-refractivity contribution in [2.45, 2.75) is 13.0 Å². The molecule has 0 amide bonds. The normalized spacial score (nSPS) is 12.3. The van der Waals surface area contributed by atoms with Gasteiger partial charge < -0.3 is 4.74 Å². The minimum atomic E-state index is -0.00435. The van der Waals surface area contributed by atoms with Gasteiger partial charge in [0.05, 0.1) is 5.52 Å². The van der Waals surface area contributed by atoms with Gasteiger partial charge in [-0.2, -0.15) is 0 Å². The quantitative estimate of drug-likeness (QED) is 0.687. The molecule has 0 saturated carbocycles. The standard InChI is InChI=1S/C17H15NO/c1-13(19-14-7-3-2-4-8-14)15-11-12-18-17-10-6-5-9-16(15)17/h2-13H,1H3/t13-/m0/s1. The number of rotatable bonds is 3. The molecule has 0 aliphatic rings. The predicted octanol–water partition coefficient (Wildman–Crippen LogP) is 4.37. The molecule has 2 aromatic carbocycles. The molecule has 19 heavy (non-hydrogen) atoms. The average Bonchev–Trinajstić information content (AvgIpc) is 2.47. The molecule has 1 heterocycles. The van der Waals surface area contributed by atoms with Crippen LogP contribution in [-0.4, -0.2) is 4.98 Å². The van der Waals surface area contributed by atoms with Crippen molar-refractivity contribution in [3.63, 3.8) is 0 Å². The van der Waals surface area contributed by atoms with Gasteiger partial charge in [-0.3, -0.25) is 4.98 Å². The van der Waals surface area contributed by atoms with Crippen molar-refractivity contribution in [2.24, 2.45) is 0 Å². The molecule has 0 radical (unpaired) electrons. The van der Waals surface area contributed by atoms with Crippen LogP contribution in [0.25, 0.3) is 10.9 Å². The Balaban J connectivity index is 1.96. The van der Waals surface area contributed by atoms with E-state index in [1.54, 1.807) is 0 Å². The highest BCUT2D eigenvalue weighted by Gasteiger charge is 2.10. The van der Waals surface area contributed by atoms with Crippen molar-refractivity contribution in [3.05, 3.63) is 72.4 Å². The maximum Gasteiger partial charge on any atom is 0.122 e. The van der Waals surface area contributed by atoms with Gasteiger partial charge in [-0.1, -0.05) is 36.4 Å². The Morgan fingerprint density at radius 2 is 1.63 bits per heavy atom. The fourth-order valence-corrected chi connectivity index (χ4v) is 2.24. The van der Waals surface area contributed by atoms with E-state index in [9.17, 15) is 0 Å². The van der Waals surface area contributed by atoms with E-state index in [-0.39, 0.29) is 6.10 Å². The van der Waals surface area contributed by atoms with E-state index in [1.807, 2.05) is 60.8 Å².